The SMILES string of the molecule is CCCn1c(=O)c2ccc(C(=O)NC3CCCC3)cc2n2c(SCC(=O)c3cc(C)ccc3C)nnc12. The lowest BCUT2D eigenvalue weighted by Gasteiger charge is -2.14. The number of carbonyl (C=O) groups is 2. The average molecular weight is 518 g/mol. The first kappa shape index (κ1) is 25.2. The minimum absolute atomic E-state index is 0.00534. The zero-order valence-corrected chi connectivity index (χ0v) is 22.2. The summed E-state index contributed by atoms with van der Waals surface area (Å²) in [5.41, 5.74) is 3.55. The Morgan fingerprint density at radius 2 is 1.86 bits per heavy atom. The molecule has 1 amide bonds. The molecule has 1 saturated carbocycles. The molecule has 4 aromatic rings. The normalized spacial score (nSPS) is 14.0. The molecule has 8 nitrogen and oxygen atoms in total. The third-order valence-corrected chi connectivity index (χ3v) is 7.93. The highest BCUT2D eigenvalue weighted by Gasteiger charge is 2.21. The number of carbonyl (C=O) groups excluding carboxylic acids is 2. The van der Waals surface area contributed by atoms with E-state index >= 15 is 0 Å². The van der Waals surface area contributed by atoms with Crippen molar-refractivity contribution >= 4 is 40.1 Å². The molecule has 0 saturated heterocycles. The monoisotopic (exact) mass is 517 g/mol. The van der Waals surface area contributed by atoms with E-state index in [0.29, 0.717) is 39.5 Å². The number of amides is 1. The third-order valence-electron chi connectivity index (χ3n) is 7.00. The van der Waals surface area contributed by atoms with Crippen molar-refractivity contribution < 1.29 is 9.59 Å². The summed E-state index contributed by atoms with van der Waals surface area (Å²) in [7, 11) is 0. The van der Waals surface area contributed by atoms with Gasteiger partial charge in [-0.2, -0.15) is 0 Å². The summed E-state index contributed by atoms with van der Waals surface area (Å²) in [6.45, 7) is 6.39. The Balaban J connectivity index is 1.55. The summed E-state index contributed by atoms with van der Waals surface area (Å²) in [4.78, 5) is 39.4. The van der Waals surface area contributed by atoms with Gasteiger partial charge in [-0.3, -0.25) is 23.4 Å². The summed E-state index contributed by atoms with van der Waals surface area (Å²) < 4.78 is 3.42. The Morgan fingerprint density at radius 3 is 2.62 bits per heavy atom. The number of nitrogens with one attached hydrogen (secondary N) is 1. The van der Waals surface area contributed by atoms with Crippen LogP contribution in [0.15, 0.2) is 46.3 Å². The molecule has 1 N–H and O–H groups in total. The molecule has 2 aromatic heterocycles. The zero-order valence-electron chi connectivity index (χ0n) is 21.4. The molecule has 1 fully saturated rings. The highest BCUT2D eigenvalue weighted by molar-refractivity contribution is 7.99. The van der Waals surface area contributed by atoms with Crippen LogP contribution in [0.25, 0.3) is 16.7 Å². The topological polar surface area (TPSA) is 98.4 Å². The fourth-order valence-corrected chi connectivity index (χ4v) is 5.85. The van der Waals surface area contributed by atoms with Crippen LogP contribution in [0.3, 0.4) is 0 Å². The summed E-state index contributed by atoms with van der Waals surface area (Å²) in [6, 6.07) is 11.2. The van der Waals surface area contributed by atoms with Crippen molar-refractivity contribution in [3.63, 3.8) is 0 Å². The number of aryl methyl sites for hydroxylation is 3. The van der Waals surface area contributed by atoms with Crippen LogP contribution in [0.4, 0.5) is 0 Å². The van der Waals surface area contributed by atoms with Gasteiger partial charge < -0.3 is 5.32 Å². The number of rotatable bonds is 8. The Morgan fingerprint density at radius 1 is 1.08 bits per heavy atom. The maximum Gasteiger partial charge on any atom is 0.262 e. The zero-order chi connectivity index (χ0) is 26.1. The number of thioether (sulfide) groups is 1. The fourth-order valence-electron chi connectivity index (χ4n) is 5.02. The third kappa shape index (κ3) is 4.92. The van der Waals surface area contributed by atoms with Gasteiger partial charge in [-0.1, -0.05) is 49.2 Å². The smallest absolute Gasteiger partial charge is 0.262 e. The molecule has 192 valence electrons. The summed E-state index contributed by atoms with van der Waals surface area (Å²) in [5.74, 6) is 0.452. The van der Waals surface area contributed by atoms with Gasteiger partial charge in [0, 0.05) is 23.7 Å². The fraction of sp³-hybridized carbons (Fsp3) is 0.393. The molecule has 1 aliphatic rings. The van der Waals surface area contributed by atoms with Crippen molar-refractivity contribution in [3.05, 3.63) is 69.0 Å². The quantitative estimate of drug-likeness (QED) is 0.268. The predicted octanol–water partition coefficient (Wildman–Crippen LogP) is 4.72. The molecule has 5 rings (SSSR count). The molecule has 0 bridgehead atoms. The highest BCUT2D eigenvalue weighted by Crippen LogP contribution is 2.25. The highest BCUT2D eigenvalue weighted by atomic mass is 32.2. The summed E-state index contributed by atoms with van der Waals surface area (Å²) in [6.07, 6.45) is 4.99. The molecule has 2 heterocycles. The van der Waals surface area contributed by atoms with Gasteiger partial charge in [0.05, 0.1) is 16.7 Å². The van der Waals surface area contributed by atoms with E-state index in [-0.39, 0.29) is 29.0 Å². The number of hydrogen-bond donors (Lipinski definition) is 1. The van der Waals surface area contributed by atoms with E-state index in [1.54, 1.807) is 27.2 Å². The second-order valence-corrected chi connectivity index (χ2v) is 10.7. The van der Waals surface area contributed by atoms with Crippen LogP contribution in [-0.2, 0) is 6.54 Å². The number of aromatic nitrogens is 4. The molecule has 0 atom stereocenters. The van der Waals surface area contributed by atoms with E-state index in [2.05, 4.69) is 15.5 Å². The van der Waals surface area contributed by atoms with Gasteiger partial charge in [0.2, 0.25) is 5.78 Å². The molecule has 37 heavy (non-hydrogen) atoms. The van der Waals surface area contributed by atoms with Gasteiger partial charge in [0.1, 0.15) is 0 Å². The van der Waals surface area contributed by atoms with Gasteiger partial charge in [0.15, 0.2) is 10.9 Å². The Labute approximate surface area is 219 Å². The first-order valence-corrected chi connectivity index (χ1v) is 13.8. The molecule has 1 aliphatic carbocycles. The van der Waals surface area contributed by atoms with Crippen LogP contribution in [0, 0.1) is 13.8 Å². The van der Waals surface area contributed by atoms with E-state index in [1.165, 1.54) is 11.8 Å². The molecule has 2 aromatic carbocycles. The van der Waals surface area contributed by atoms with Crippen LogP contribution in [-0.4, -0.2) is 42.7 Å². The first-order valence-electron chi connectivity index (χ1n) is 12.8. The Hall–Kier alpha value is -3.46. The largest absolute Gasteiger partial charge is 0.349 e. The summed E-state index contributed by atoms with van der Waals surface area (Å²) >= 11 is 1.29. The van der Waals surface area contributed by atoms with Gasteiger partial charge in [-0.05, 0) is 62.9 Å². The van der Waals surface area contributed by atoms with Crippen molar-refractivity contribution in [2.75, 3.05) is 5.75 Å². The maximum absolute atomic E-state index is 13.3. The van der Waals surface area contributed by atoms with E-state index in [1.807, 2.05) is 39.0 Å². The Kier molecular flexibility index (Phi) is 7.15. The van der Waals surface area contributed by atoms with E-state index in [4.69, 9.17) is 0 Å². The number of hydrogen-bond acceptors (Lipinski definition) is 6. The summed E-state index contributed by atoms with van der Waals surface area (Å²) in [5, 5.41) is 12.8. The number of Topliss-reactive ketones (excluding diaryl/α,β-unsaturated/α-hetero) is 1. The van der Waals surface area contributed by atoms with E-state index in [9.17, 15) is 14.4 Å². The lowest BCUT2D eigenvalue weighted by molar-refractivity contribution is 0.0937. The van der Waals surface area contributed by atoms with Crippen LogP contribution in [0.5, 0.6) is 0 Å². The number of fused-ring (bicyclic) bond motifs is 3. The van der Waals surface area contributed by atoms with Crippen LogP contribution in [0.2, 0.25) is 0 Å². The van der Waals surface area contributed by atoms with Crippen molar-refractivity contribution in [1.82, 2.24) is 24.5 Å². The molecular formula is C28H31N5O3S. The van der Waals surface area contributed by atoms with E-state index in [0.717, 1.165) is 43.2 Å². The van der Waals surface area contributed by atoms with Crippen molar-refractivity contribution in [2.24, 2.45) is 0 Å². The van der Waals surface area contributed by atoms with Crippen molar-refractivity contribution in [1.29, 1.82) is 0 Å². The van der Waals surface area contributed by atoms with Crippen molar-refractivity contribution in [2.45, 2.75) is 70.6 Å². The lowest BCUT2D eigenvalue weighted by atomic mass is 10.0. The Bertz CT molecular complexity index is 1570. The number of nitrogens with zero attached hydrogens (tertiary/aromatic N) is 4. The minimum Gasteiger partial charge on any atom is -0.349 e. The molecule has 0 spiro atoms. The first-order chi connectivity index (χ1) is 17.9. The maximum atomic E-state index is 13.3. The molecule has 0 radical (unpaired) electrons. The van der Waals surface area contributed by atoms with Crippen LogP contribution < -0.4 is 10.9 Å². The van der Waals surface area contributed by atoms with Gasteiger partial charge in [-0.15, -0.1) is 10.2 Å². The van der Waals surface area contributed by atoms with Gasteiger partial charge in [-0.25, -0.2) is 0 Å². The second kappa shape index (κ2) is 10.5. The number of benzene rings is 2. The van der Waals surface area contributed by atoms with Gasteiger partial charge in [0.25, 0.3) is 11.5 Å². The van der Waals surface area contributed by atoms with E-state index < -0.39 is 0 Å². The van der Waals surface area contributed by atoms with Crippen molar-refractivity contribution in [3.8, 4) is 0 Å². The molecule has 9 heteroatoms. The molecular weight excluding hydrogens is 486 g/mol. The van der Waals surface area contributed by atoms with Crippen LogP contribution >= 0.6 is 11.8 Å². The molecule has 0 unspecified atom stereocenters. The average Bonchev–Trinajstić information content (AvgIpc) is 3.56. The lowest BCUT2D eigenvalue weighted by Crippen LogP contribution is -2.32. The van der Waals surface area contributed by atoms with Crippen LogP contribution in [0.1, 0.15) is 70.9 Å². The molecule has 0 aliphatic heterocycles. The predicted molar refractivity (Wildman–Crippen MR) is 146 cm³/mol. The second-order valence-electron chi connectivity index (χ2n) is 9.79. The standard InChI is InChI=1S/C28H31N5O3S/c1-4-13-32-26(36)21-12-11-19(25(35)29-20-7-5-6-8-20)15-23(21)33-27(32)30-31-28(33)37-16-24(34)22-14-17(2)9-10-18(22)3/h9-12,14-15,20H,4-8,13,16H2,1-3H3,(H,29,35). The minimum atomic E-state index is -0.164. The number of ketones is 1. The van der Waals surface area contributed by atoms with Gasteiger partial charge >= 0.3 is 0 Å².